The van der Waals surface area contributed by atoms with Crippen LogP contribution in [0.4, 0.5) is 11.5 Å². The Kier molecular flexibility index (Phi) is 4.22. The van der Waals surface area contributed by atoms with E-state index in [-0.39, 0.29) is 0 Å². The van der Waals surface area contributed by atoms with Crippen molar-refractivity contribution >= 4 is 11.5 Å². The monoisotopic (exact) mass is 261 g/mol. The highest BCUT2D eigenvalue weighted by Gasteiger charge is 2.04. The van der Waals surface area contributed by atoms with E-state index >= 15 is 0 Å². The van der Waals surface area contributed by atoms with Gasteiger partial charge in [0, 0.05) is 32.4 Å². The molecule has 0 aliphatic rings. The molecule has 0 aromatic carbocycles. The van der Waals surface area contributed by atoms with Crippen molar-refractivity contribution in [1.82, 2.24) is 14.5 Å². The van der Waals surface area contributed by atoms with Gasteiger partial charge in [0.15, 0.2) is 0 Å². The van der Waals surface area contributed by atoms with E-state index < -0.39 is 0 Å². The summed E-state index contributed by atoms with van der Waals surface area (Å²) in [6.07, 6.45) is 4.56. The fourth-order valence-electron chi connectivity index (χ4n) is 1.74. The van der Waals surface area contributed by atoms with Crippen LogP contribution in [0.25, 0.3) is 0 Å². The molecule has 2 aromatic rings. The molecule has 0 saturated heterocycles. The maximum atomic E-state index is 5.77. The summed E-state index contributed by atoms with van der Waals surface area (Å²) in [7, 11) is 1.98. The molecule has 3 N–H and O–H groups in total. The zero-order valence-electron chi connectivity index (χ0n) is 11.3. The molecule has 0 aliphatic heterocycles. The standard InChI is InChI=1S/C13H19N5O/c1-3-19-13-10(14)4-5-11(17-13)15-7-6-12-16-8-9-18(12)2/h4-5,8-9H,3,6-7,14H2,1-2H3,(H,15,17). The van der Waals surface area contributed by atoms with Crippen molar-refractivity contribution in [3.63, 3.8) is 0 Å². The van der Waals surface area contributed by atoms with E-state index in [9.17, 15) is 0 Å². The van der Waals surface area contributed by atoms with Crippen LogP contribution in [-0.2, 0) is 13.5 Å². The molecule has 0 bridgehead atoms. The molecule has 6 heteroatoms. The molecule has 0 amide bonds. The van der Waals surface area contributed by atoms with E-state index in [0.717, 1.165) is 24.6 Å². The third-order valence-corrected chi connectivity index (χ3v) is 2.75. The lowest BCUT2D eigenvalue weighted by Crippen LogP contribution is -2.10. The largest absolute Gasteiger partial charge is 0.476 e. The number of ether oxygens (including phenoxy) is 1. The van der Waals surface area contributed by atoms with E-state index in [1.807, 2.05) is 30.8 Å². The zero-order chi connectivity index (χ0) is 13.7. The van der Waals surface area contributed by atoms with Crippen molar-refractivity contribution in [3.05, 3.63) is 30.4 Å². The van der Waals surface area contributed by atoms with Crippen LogP contribution in [0, 0.1) is 0 Å². The van der Waals surface area contributed by atoms with E-state index in [1.165, 1.54) is 0 Å². The number of nitrogens with two attached hydrogens (primary N) is 1. The lowest BCUT2D eigenvalue weighted by Gasteiger charge is -2.09. The Bertz CT molecular complexity index is 538. The van der Waals surface area contributed by atoms with Crippen molar-refractivity contribution in [2.45, 2.75) is 13.3 Å². The van der Waals surface area contributed by atoms with Gasteiger partial charge in [0.1, 0.15) is 11.6 Å². The van der Waals surface area contributed by atoms with Gasteiger partial charge in [-0.25, -0.2) is 4.98 Å². The van der Waals surface area contributed by atoms with Crippen LogP contribution in [0.5, 0.6) is 5.88 Å². The minimum Gasteiger partial charge on any atom is -0.476 e. The summed E-state index contributed by atoms with van der Waals surface area (Å²) < 4.78 is 7.36. The molecule has 2 aromatic heterocycles. The average Bonchev–Trinajstić information content (AvgIpc) is 2.79. The SMILES string of the molecule is CCOc1nc(NCCc2nccn2C)ccc1N. The number of nitrogen functional groups attached to an aromatic ring is 1. The molecular formula is C13H19N5O. The Morgan fingerprint density at radius 2 is 2.26 bits per heavy atom. The molecule has 0 fully saturated rings. The third-order valence-electron chi connectivity index (χ3n) is 2.75. The molecule has 0 radical (unpaired) electrons. The Morgan fingerprint density at radius 1 is 1.42 bits per heavy atom. The second-order valence-electron chi connectivity index (χ2n) is 4.16. The lowest BCUT2D eigenvalue weighted by molar-refractivity contribution is 0.329. The third kappa shape index (κ3) is 3.37. The minimum atomic E-state index is 0.476. The van der Waals surface area contributed by atoms with Gasteiger partial charge in [-0.2, -0.15) is 4.98 Å². The van der Waals surface area contributed by atoms with Crippen LogP contribution in [0.1, 0.15) is 12.7 Å². The number of nitrogens with zero attached hydrogens (tertiary/aromatic N) is 3. The van der Waals surface area contributed by atoms with Crippen LogP contribution in [0.15, 0.2) is 24.5 Å². The van der Waals surface area contributed by atoms with Gasteiger partial charge in [0.25, 0.3) is 0 Å². The number of aryl methyl sites for hydroxylation is 1. The second kappa shape index (κ2) is 6.08. The van der Waals surface area contributed by atoms with Crippen LogP contribution in [-0.4, -0.2) is 27.7 Å². The molecule has 0 saturated carbocycles. The Labute approximate surface area is 112 Å². The molecule has 0 aliphatic carbocycles. The van der Waals surface area contributed by atoms with Gasteiger partial charge in [-0.05, 0) is 19.1 Å². The van der Waals surface area contributed by atoms with Crippen molar-refractivity contribution in [3.8, 4) is 5.88 Å². The zero-order valence-corrected chi connectivity index (χ0v) is 11.3. The van der Waals surface area contributed by atoms with Gasteiger partial charge < -0.3 is 20.4 Å². The number of hydrogen-bond acceptors (Lipinski definition) is 5. The van der Waals surface area contributed by atoms with E-state index in [2.05, 4.69) is 15.3 Å². The minimum absolute atomic E-state index is 0.476. The highest BCUT2D eigenvalue weighted by Crippen LogP contribution is 2.20. The quantitative estimate of drug-likeness (QED) is 0.823. The number of aromatic nitrogens is 3. The van der Waals surface area contributed by atoms with Crippen molar-refractivity contribution in [1.29, 1.82) is 0 Å². The van der Waals surface area contributed by atoms with Crippen LogP contribution >= 0.6 is 0 Å². The number of nitrogens with one attached hydrogen (secondary N) is 1. The number of rotatable bonds is 6. The van der Waals surface area contributed by atoms with Gasteiger partial charge in [-0.3, -0.25) is 0 Å². The second-order valence-corrected chi connectivity index (χ2v) is 4.16. The first-order valence-electron chi connectivity index (χ1n) is 6.30. The molecule has 0 spiro atoms. The first-order chi connectivity index (χ1) is 9.20. The van der Waals surface area contributed by atoms with Crippen molar-refractivity contribution < 1.29 is 4.74 Å². The van der Waals surface area contributed by atoms with E-state index in [4.69, 9.17) is 10.5 Å². The summed E-state index contributed by atoms with van der Waals surface area (Å²) in [5.41, 5.74) is 6.32. The van der Waals surface area contributed by atoms with E-state index in [0.29, 0.717) is 18.2 Å². The summed E-state index contributed by atoms with van der Waals surface area (Å²) in [6.45, 7) is 3.21. The summed E-state index contributed by atoms with van der Waals surface area (Å²) in [6, 6.07) is 3.64. The molecule has 0 unspecified atom stereocenters. The number of anilines is 2. The predicted molar refractivity (Wildman–Crippen MR) is 75.2 cm³/mol. The van der Waals surface area contributed by atoms with Gasteiger partial charge in [-0.15, -0.1) is 0 Å². The molecule has 6 nitrogen and oxygen atoms in total. The average molecular weight is 261 g/mol. The van der Waals surface area contributed by atoms with Crippen molar-refractivity contribution in [2.24, 2.45) is 7.05 Å². The van der Waals surface area contributed by atoms with Gasteiger partial charge in [-0.1, -0.05) is 0 Å². The first kappa shape index (κ1) is 13.2. The van der Waals surface area contributed by atoms with Gasteiger partial charge in [0.2, 0.25) is 5.88 Å². The first-order valence-corrected chi connectivity index (χ1v) is 6.30. The molecule has 0 atom stereocenters. The summed E-state index contributed by atoms with van der Waals surface area (Å²) in [5.74, 6) is 2.27. The Morgan fingerprint density at radius 3 is 2.95 bits per heavy atom. The molecule has 102 valence electrons. The summed E-state index contributed by atoms with van der Waals surface area (Å²) in [5, 5.41) is 3.24. The molecule has 2 heterocycles. The highest BCUT2D eigenvalue weighted by molar-refractivity contribution is 5.53. The number of hydrogen-bond donors (Lipinski definition) is 2. The van der Waals surface area contributed by atoms with Gasteiger partial charge in [0.05, 0.1) is 12.3 Å². The molecule has 2 rings (SSSR count). The van der Waals surface area contributed by atoms with Gasteiger partial charge >= 0.3 is 0 Å². The van der Waals surface area contributed by atoms with Crippen molar-refractivity contribution in [2.75, 3.05) is 24.2 Å². The van der Waals surface area contributed by atoms with E-state index in [1.54, 1.807) is 12.3 Å². The maximum Gasteiger partial charge on any atom is 0.239 e. The van der Waals surface area contributed by atoms with Crippen LogP contribution in [0.2, 0.25) is 0 Å². The van der Waals surface area contributed by atoms with Crippen LogP contribution in [0.3, 0.4) is 0 Å². The summed E-state index contributed by atoms with van der Waals surface area (Å²) >= 11 is 0. The fourth-order valence-corrected chi connectivity index (χ4v) is 1.74. The Balaban J connectivity index is 1.92. The molecular weight excluding hydrogens is 242 g/mol. The number of pyridine rings is 1. The normalized spacial score (nSPS) is 10.4. The lowest BCUT2D eigenvalue weighted by atomic mass is 10.3. The van der Waals surface area contributed by atoms with Crippen LogP contribution < -0.4 is 15.8 Å². The maximum absolute atomic E-state index is 5.77. The summed E-state index contributed by atoms with van der Waals surface area (Å²) in [4.78, 5) is 8.58. The smallest absolute Gasteiger partial charge is 0.239 e. The fraction of sp³-hybridized carbons (Fsp3) is 0.385. The number of imidazole rings is 1. The Hall–Kier alpha value is -2.24. The molecule has 19 heavy (non-hydrogen) atoms. The predicted octanol–water partition coefficient (Wildman–Crippen LogP) is 1.45. The topological polar surface area (TPSA) is 78.0 Å². The highest BCUT2D eigenvalue weighted by atomic mass is 16.5.